The van der Waals surface area contributed by atoms with Crippen molar-refractivity contribution >= 4 is 17.1 Å². The molecular weight excluding hydrogens is 328 g/mol. The van der Waals surface area contributed by atoms with Gasteiger partial charge >= 0.3 is 0 Å². The third kappa shape index (κ3) is 4.62. The Morgan fingerprint density at radius 1 is 1.00 bits per heavy atom. The van der Waals surface area contributed by atoms with Crippen LogP contribution in [0.2, 0.25) is 0 Å². The zero-order valence-electron chi connectivity index (χ0n) is 14.6. The van der Waals surface area contributed by atoms with Crippen molar-refractivity contribution in [3.05, 3.63) is 75.6 Å². The summed E-state index contributed by atoms with van der Waals surface area (Å²) in [5.41, 5.74) is 5.42. The number of carbonyl (C=O) groups excluding carboxylic acids is 1. The largest absolute Gasteiger partial charge is 0.309 e. The van der Waals surface area contributed by atoms with Gasteiger partial charge < -0.3 is 5.32 Å². The number of aryl methyl sites for hydroxylation is 1. The highest BCUT2D eigenvalue weighted by molar-refractivity contribution is 7.09. The van der Waals surface area contributed by atoms with Crippen LogP contribution in [0.3, 0.4) is 0 Å². The van der Waals surface area contributed by atoms with Crippen molar-refractivity contribution < 1.29 is 4.79 Å². The Morgan fingerprint density at radius 3 is 2.12 bits per heavy atom. The number of nitrogens with one attached hydrogen (secondary N) is 1. The molecule has 1 heterocycles. The Balaban J connectivity index is 1.52. The van der Waals surface area contributed by atoms with Gasteiger partial charge in [-0.05, 0) is 18.1 Å². The number of carbonyl (C=O) groups is 1. The fourth-order valence-corrected chi connectivity index (χ4v) is 3.28. The molecule has 25 heavy (non-hydrogen) atoms. The molecule has 0 saturated heterocycles. The molecule has 0 unspecified atom stereocenters. The number of hydrogen-bond donors (Lipinski definition) is 1. The number of ketones is 1. The van der Waals surface area contributed by atoms with Crippen molar-refractivity contribution in [3.8, 4) is 11.3 Å². The van der Waals surface area contributed by atoms with Crippen LogP contribution in [0.4, 0.5) is 0 Å². The summed E-state index contributed by atoms with van der Waals surface area (Å²) in [6.07, 6.45) is 0.550. The fourth-order valence-electron chi connectivity index (χ4n) is 2.65. The van der Waals surface area contributed by atoms with E-state index in [9.17, 15) is 4.79 Å². The predicted octanol–water partition coefficient (Wildman–Crippen LogP) is 5.00. The van der Waals surface area contributed by atoms with Crippen molar-refractivity contribution in [2.75, 3.05) is 0 Å². The summed E-state index contributed by atoms with van der Waals surface area (Å²) in [5.74, 6) is 0.190. The van der Waals surface area contributed by atoms with E-state index in [4.69, 9.17) is 0 Å². The number of hydrogen-bond acceptors (Lipinski definition) is 4. The maximum atomic E-state index is 11.6. The van der Waals surface area contributed by atoms with Gasteiger partial charge in [0.25, 0.3) is 0 Å². The molecule has 0 radical (unpaired) electrons. The number of rotatable bonds is 7. The van der Waals surface area contributed by atoms with Gasteiger partial charge in [-0.2, -0.15) is 0 Å². The smallest absolute Gasteiger partial charge is 0.162 e. The molecule has 0 saturated carbocycles. The molecule has 0 amide bonds. The number of thiazole rings is 1. The summed E-state index contributed by atoms with van der Waals surface area (Å²) in [5, 5.41) is 6.63. The van der Waals surface area contributed by atoms with Crippen molar-refractivity contribution in [1.29, 1.82) is 0 Å². The lowest BCUT2D eigenvalue weighted by molar-refractivity contribution is 0.0988. The minimum Gasteiger partial charge on any atom is -0.309 e. The van der Waals surface area contributed by atoms with Crippen molar-refractivity contribution in [2.24, 2.45) is 0 Å². The van der Waals surface area contributed by atoms with E-state index in [2.05, 4.69) is 39.9 Å². The molecule has 2 aromatic carbocycles. The van der Waals surface area contributed by atoms with Crippen molar-refractivity contribution in [3.63, 3.8) is 0 Å². The average Bonchev–Trinajstić information content (AvgIpc) is 3.08. The maximum absolute atomic E-state index is 11.6. The fraction of sp³-hybridized carbons (Fsp3) is 0.238. The van der Waals surface area contributed by atoms with Crippen molar-refractivity contribution in [2.45, 2.75) is 33.4 Å². The highest BCUT2D eigenvalue weighted by Crippen LogP contribution is 2.21. The second-order valence-electron chi connectivity index (χ2n) is 6.03. The highest BCUT2D eigenvalue weighted by atomic mass is 32.1. The molecule has 0 aliphatic rings. The van der Waals surface area contributed by atoms with E-state index in [-0.39, 0.29) is 5.78 Å². The van der Waals surface area contributed by atoms with Crippen LogP contribution >= 0.6 is 11.3 Å². The van der Waals surface area contributed by atoms with E-state index < -0.39 is 0 Å². The van der Waals surface area contributed by atoms with Gasteiger partial charge in [0.05, 0.1) is 10.7 Å². The minimum atomic E-state index is 0.190. The van der Waals surface area contributed by atoms with Gasteiger partial charge in [0, 0.05) is 36.0 Å². The first-order valence-electron chi connectivity index (χ1n) is 8.50. The van der Waals surface area contributed by atoms with E-state index in [1.165, 1.54) is 11.1 Å². The number of aromatic nitrogens is 1. The van der Waals surface area contributed by atoms with E-state index in [1.807, 2.05) is 38.1 Å². The normalized spacial score (nSPS) is 10.8. The predicted molar refractivity (Wildman–Crippen MR) is 104 cm³/mol. The van der Waals surface area contributed by atoms with Gasteiger partial charge in [0.15, 0.2) is 5.78 Å². The van der Waals surface area contributed by atoms with E-state index in [0.717, 1.165) is 34.9 Å². The monoisotopic (exact) mass is 350 g/mol. The van der Waals surface area contributed by atoms with Gasteiger partial charge in [-0.3, -0.25) is 4.79 Å². The van der Waals surface area contributed by atoms with Gasteiger partial charge in [-0.25, -0.2) is 4.98 Å². The van der Waals surface area contributed by atoms with Crippen LogP contribution in [0.25, 0.3) is 11.3 Å². The summed E-state index contributed by atoms with van der Waals surface area (Å²) in [7, 11) is 0. The number of Topliss-reactive ketones (excluding diaryl/α,β-unsaturated/α-hetero) is 1. The first-order chi connectivity index (χ1) is 12.2. The molecule has 0 aliphatic heterocycles. The average molecular weight is 350 g/mol. The molecule has 1 aromatic heterocycles. The lowest BCUT2D eigenvalue weighted by atomic mass is 10.1. The highest BCUT2D eigenvalue weighted by Gasteiger charge is 2.03. The van der Waals surface area contributed by atoms with Crippen molar-refractivity contribution in [1.82, 2.24) is 10.3 Å². The lowest BCUT2D eigenvalue weighted by Crippen LogP contribution is -2.12. The summed E-state index contributed by atoms with van der Waals surface area (Å²) >= 11 is 1.67. The minimum absolute atomic E-state index is 0.190. The van der Waals surface area contributed by atoms with Crippen LogP contribution in [0.15, 0.2) is 53.9 Å². The molecule has 0 aliphatic carbocycles. The first kappa shape index (κ1) is 17.5. The third-order valence-electron chi connectivity index (χ3n) is 4.12. The molecule has 0 bridgehead atoms. The molecule has 128 valence electrons. The van der Waals surface area contributed by atoms with Crippen LogP contribution in [0.5, 0.6) is 0 Å². The zero-order chi connectivity index (χ0) is 17.6. The zero-order valence-corrected chi connectivity index (χ0v) is 15.4. The van der Waals surface area contributed by atoms with Crippen LogP contribution in [0.1, 0.15) is 39.8 Å². The molecule has 0 atom stereocenters. The SMILES string of the molecule is CCC(=O)c1ccc(CNCc2ccc(-c3csc(C)n3)cc2)cc1. The molecule has 3 rings (SSSR count). The Hall–Kier alpha value is -2.30. The molecule has 3 nitrogen and oxygen atoms in total. The van der Waals surface area contributed by atoms with Gasteiger partial charge in [-0.1, -0.05) is 55.5 Å². The van der Waals surface area contributed by atoms with E-state index in [1.54, 1.807) is 11.3 Å². The topological polar surface area (TPSA) is 42.0 Å². The van der Waals surface area contributed by atoms with Crippen LogP contribution < -0.4 is 5.32 Å². The molecule has 0 fully saturated rings. The first-order valence-corrected chi connectivity index (χ1v) is 9.38. The maximum Gasteiger partial charge on any atom is 0.162 e. The second kappa shape index (κ2) is 8.19. The summed E-state index contributed by atoms with van der Waals surface area (Å²) < 4.78 is 0. The second-order valence-corrected chi connectivity index (χ2v) is 7.09. The summed E-state index contributed by atoms with van der Waals surface area (Å²) in [6.45, 7) is 5.51. The van der Waals surface area contributed by atoms with Crippen LogP contribution in [-0.2, 0) is 13.1 Å². The Bertz CT molecular complexity index is 835. The van der Waals surface area contributed by atoms with Gasteiger partial charge in [0.1, 0.15) is 0 Å². The molecule has 0 spiro atoms. The molecule has 3 aromatic rings. The summed E-state index contributed by atoms with van der Waals surface area (Å²) in [6, 6.07) is 16.4. The van der Waals surface area contributed by atoms with E-state index in [0.29, 0.717) is 6.42 Å². The standard InChI is InChI=1S/C21H22N2OS/c1-3-21(24)19-10-6-17(7-11-19)13-22-12-16-4-8-18(9-5-16)20-14-25-15(2)23-20/h4-11,14,22H,3,12-13H2,1-2H3. The Labute approximate surface area is 152 Å². The van der Waals surface area contributed by atoms with Gasteiger partial charge in [0.2, 0.25) is 0 Å². The Kier molecular flexibility index (Phi) is 5.74. The van der Waals surface area contributed by atoms with Gasteiger partial charge in [-0.15, -0.1) is 11.3 Å². The molecule has 1 N–H and O–H groups in total. The van der Waals surface area contributed by atoms with E-state index >= 15 is 0 Å². The third-order valence-corrected chi connectivity index (χ3v) is 4.90. The molecular formula is C21H22N2OS. The summed E-state index contributed by atoms with van der Waals surface area (Å²) in [4.78, 5) is 16.2. The van der Waals surface area contributed by atoms with Crippen LogP contribution in [0, 0.1) is 6.92 Å². The molecule has 4 heteroatoms. The quantitative estimate of drug-likeness (QED) is 0.610. The lowest BCUT2D eigenvalue weighted by Gasteiger charge is -2.07. The number of benzene rings is 2. The van der Waals surface area contributed by atoms with Crippen LogP contribution in [-0.4, -0.2) is 10.8 Å². The Morgan fingerprint density at radius 2 is 1.60 bits per heavy atom. The number of nitrogens with zero attached hydrogens (tertiary/aromatic N) is 1.